The molecule has 1 aliphatic rings. The van der Waals surface area contributed by atoms with E-state index >= 15 is 0 Å². The van der Waals surface area contributed by atoms with Crippen molar-refractivity contribution in [3.8, 4) is 0 Å². The summed E-state index contributed by atoms with van der Waals surface area (Å²) in [6.45, 7) is 3.31. The molecule has 4 rings (SSSR count). The summed E-state index contributed by atoms with van der Waals surface area (Å²) < 4.78 is 0. The van der Waals surface area contributed by atoms with Crippen LogP contribution in [0.3, 0.4) is 0 Å². The van der Waals surface area contributed by atoms with Crippen LogP contribution in [0.25, 0.3) is 10.8 Å². The summed E-state index contributed by atoms with van der Waals surface area (Å²) in [6.07, 6.45) is 1.16. The van der Waals surface area contributed by atoms with Gasteiger partial charge in [0.15, 0.2) is 0 Å². The minimum atomic E-state index is 0.578. The van der Waals surface area contributed by atoms with E-state index < -0.39 is 0 Å². The highest BCUT2D eigenvalue weighted by Gasteiger charge is 2.25. The molecule has 0 bridgehead atoms. The molecule has 0 N–H and O–H groups in total. The molecule has 3 aromatic carbocycles. The number of fused-ring (bicyclic) bond motifs is 2. The molecular formula is C20H19N. The number of para-hydroxylation sites is 1. The number of nitrogens with zero attached hydrogens (tertiary/aromatic N) is 1. The average Bonchev–Trinajstić information content (AvgIpc) is 2.83. The van der Waals surface area contributed by atoms with Crippen molar-refractivity contribution in [1.29, 1.82) is 0 Å². The van der Waals surface area contributed by atoms with Crippen molar-refractivity contribution in [2.45, 2.75) is 25.9 Å². The van der Waals surface area contributed by atoms with Crippen molar-refractivity contribution in [2.75, 3.05) is 4.90 Å². The molecule has 0 aliphatic carbocycles. The first-order chi connectivity index (χ1) is 10.3. The molecule has 0 aromatic heterocycles. The van der Waals surface area contributed by atoms with E-state index in [1.165, 1.54) is 27.6 Å². The van der Waals surface area contributed by atoms with Gasteiger partial charge < -0.3 is 4.90 Å². The lowest BCUT2D eigenvalue weighted by Gasteiger charge is -2.25. The first kappa shape index (κ1) is 12.5. The lowest BCUT2D eigenvalue weighted by atomic mass is 10.1. The average molecular weight is 273 g/mol. The number of anilines is 1. The van der Waals surface area contributed by atoms with Gasteiger partial charge in [-0.25, -0.2) is 0 Å². The molecule has 0 spiro atoms. The SMILES string of the molecule is CC1Cc2ccccc2N1Cc1ccc2ccccc2c1. The molecule has 1 aliphatic heterocycles. The Labute approximate surface area is 125 Å². The Morgan fingerprint density at radius 2 is 1.67 bits per heavy atom. The molecule has 1 atom stereocenters. The molecule has 1 unspecified atom stereocenters. The van der Waals surface area contributed by atoms with E-state index in [-0.39, 0.29) is 0 Å². The smallest absolute Gasteiger partial charge is 0.0432 e. The second-order valence-electron chi connectivity index (χ2n) is 5.99. The predicted molar refractivity (Wildman–Crippen MR) is 89.7 cm³/mol. The number of benzene rings is 3. The number of rotatable bonds is 2. The molecule has 1 heteroatoms. The summed E-state index contributed by atoms with van der Waals surface area (Å²) >= 11 is 0. The number of hydrogen-bond donors (Lipinski definition) is 0. The monoisotopic (exact) mass is 273 g/mol. The molecule has 0 radical (unpaired) electrons. The van der Waals surface area contributed by atoms with Gasteiger partial charge >= 0.3 is 0 Å². The third-order valence-corrected chi connectivity index (χ3v) is 4.52. The number of hydrogen-bond acceptors (Lipinski definition) is 1. The second-order valence-corrected chi connectivity index (χ2v) is 5.99. The zero-order valence-electron chi connectivity index (χ0n) is 12.3. The minimum Gasteiger partial charge on any atom is -0.364 e. The van der Waals surface area contributed by atoms with Crippen LogP contribution in [-0.4, -0.2) is 6.04 Å². The molecule has 1 nitrogen and oxygen atoms in total. The standard InChI is InChI=1S/C20H19N/c1-15-12-19-8-4-5-9-20(19)21(15)14-16-10-11-17-6-2-3-7-18(17)13-16/h2-11,13,15H,12,14H2,1H3. The van der Waals surface area contributed by atoms with E-state index in [9.17, 15) is 0 Å². The topological polar surface area (TPSA) is 3.24 Å². The van der Waals surface area contributed by atoms with E-state index in [4.69, 9.17) is 0 Å². The van der Waals surface area contributed by atoms with E-state index in [1.54, 1.807) is 0 Å². The van der Waals surface area contributed by atoms with Gasteiger partial charge in [-0.05, 0) is 47.4 Å². The largest absolute Gasteiger partial charge is 0.364 e. The van der Waals surface area contributed by atoms with E-state index in [0.717, 1.165) is 13.0 Å². The first-order valence-corrected chi connectivity index (χ1v) is 7.63. The zero-order chi connectivity index (χ0) is 14.2. The third-order valence-electron chi connectivity index (χ3n) is 4.52. The maximum absolute atomic E-state index is 2.53. The maximum Gasteiger partial charge on any atom is 0.0432 e. The van der Waals surface area contributed by atoms with Crippen molar-refractivity contribution >= 4 is 16.5 Å². The quantitative estimate of drug-likeness (QED) is 0.649. The molecule has 0 fully saturated rings. The van der Waals surface area contributed by atoms with Crippen LogP contribution in [0.1, 0.15) is 18.1 Å². The Bertz CT molecular complexity index is 790. The van der Waals surface area contributed by atoms with Gasteiger partial charge in [0.2, 0.25) is 0 Å². The minimum absolute atomic E-state index is 0.578. The maximum atomic E-state index is 2.53. The predicted octanol–water partition coefficient (Wildman–Crippen LogP) is 4.79. The molecule has 21 heavy (non-hydrogen) atoms. The highest BCUT2D eigenvalue weighted by atomic mass is 15.2. The van der Waals surface area contributed by atoms with Gasteiger partial charge in [0.05, 0.1) is 0 Å². The molecular weight excluding hydrogens is 254 g/mol. The Hall–Kier alpha value is -2.28. The van der Waals surface area contributed by atoms with Crippen molar-refractivity contribution in [1.82, 2.24) is 0 Å². The normalized spacial score (nSPS) is 17.2. The van der Waals surface area contributed by atoms with Crippen LogP contribution in [-0.2, 0) is 13.0 Å². The van der Waals surface area contributed by atoms with Gasteiger partial charge in [0.25, 0.3) is 0 Å². The Morgan fingerprint density at radius 1 is 0.905 bits per heavy atom. The molecule has 0 saturated carbocycles. The molecule has 3 aromatic rings. The zero-order valence-corrected chi connectivity index (χ0v) is 12.3. The first-order valence-electron chi connectivity index (χ1n) is 7.63. The van der Waals surface area contributed by atoms with Crippen LogP contribution in [0, 0.1) is 0 Å². The van der Waals surface area contributed by atoms with Gasteiger partial charge in [-0.2, -0.15) is 0 Å². The van der Waals surface area contributed by atoms with Crippen molar-refractivity contribution < 1.29 is 0 Å². The Morgan fingerprint density at radius 3 is 2.57 bits per heavy atom. The second kappa shape index (κ2) is 4.92. The van der Waals surface area contributed by atoms with Crippen LogP contribution >= 0.6 is 0 Å². The molecule has 104 valence electrons. The van der Waals surface area contributed by atoms with E-state index in [0.29, 0.717) is 6.04 Å². The van der Waals surface area contributed by atoms with Gasteiger partial charge in [0.1, 0.15) is 0 Å². The fraction of sp³-hybridized carbons (Fsp3) is 0.200. The lowest BCUT2D eigenvalue weighted by Crippen LogP contribution is -2.28. The summed E-state index contributed by atoms with van der Waals surface area (Å²) in [5.74, 6) is 0. The van der Waals surface area contributed by atoms with Gasteiger partial charge in [0, 0.05) is 18.3 Å². The lowest BCUT2D eigenvalue weighted by molar-refractivity contribution is 0.672. The third kappa shape index (κ3) is 2.19. The van der Waals surface area contributed by atoms with Crippen LogP contribution in [0.5, 0.6) is 0 Å². The summed E-state index contributed by atoms with van der Waals surface area (Å²) in [5.41, 5.74) is 4.27. The summed E-state index contributed by atoms with van der Waals surface area (Å²) in [7, 11) is 0. The van der Waals surface area contributed by atoms with Crippen LogP contribution in [0.2, 0.25) is 0 Å². The fourth-order valence-electron chi connectivity index (χ4n) is 3.40. The van der Waals surface area contributed by atoms with Crippen molar-refractivity contribution in [3.63, 3.8) is 0 Å². The highest BCUT2D eigenvalue weighted by molar-refractivity contribution is 5.83. The van der Waals surface area contributed by atoms with Crippen LogP contribution in [0.4, 0.5) is 5.69 Å². The summed E-state index contributed by atoms with van der Waals surface area (Å²) in [6, 6.07) is 24.8. The Kier molecular flexibility index (Phi) is 2.92. The fourth-order valence-corrected chi connectivity index (χ4v) is 3.40. The molecule has 0 amide bonds. The van der Waals surface area contributed by atoms with Gasteiger partial charge in [-0.15, -0.1) is 0 Å². The van der Waals surface area contributed by atoms with E-state index in [2.05, 4.69) is 78.6 Å². The van der Waals surface area contributed by atoms with Crippen LogP contribution < -0.4 is 4.90 Å². The Balaban J connectivity index is 1.68. The molecule has 1 heterocycles. The van der Waals surface area contributed by atoms with E-state index in [1.807, 2.05) is 0 Å². The van der Waals surface area contributed by atoms with Gasteiger partial charge in [-0.3, -0.25) is 0 Å². The summed E-state index contributed by atoms with van der Waals surface area (Å²) in [5, 5.41) is 2.64. The van der Waals surface area contributed by atoms with Crippen molar-refractivity contribution in [3.05, 3.63) is 77.9 Å². The highest BCUT2D eigenvalue weighted by Crippen LogP contribution is 2.33. The van der Waals surface area contributed by atoms with Gasteiger partial charge in [-0.1, -0.05) is 54.6 Å². The van der Waals surface area contributed by atoms with Crippen LogP contribution in [0.15, 0.2) is 66.7 Å². The summed E-state index contributed by atoms with van der Waals surface area (Å²) in [4.78, 5) is 2.53. The molecule has 0 saturated heterocycles. The van der Waals surface area contributed by atoms with Crippen molar-refractivity contribution in [2.24, 2.45) is 0 Å².